The molecule has 3 aromatic rings. The van der Waals surface area contributed by atoms with Crippen LogP contribution in [0.5, 0.6) is 0 Å². The molecule has 0 radical (unpaired) electrons. The first-order valence-electron chi connectivity index (χ1n) is 9.41. The lowest BCUT2D eigenvalue weighted by atomic mass is 9.92. The highest BCUT2D eigenvalue weighted by molar-refractivity contribution is 7.95. The first-order chi connectivity index (χ1) is 14.7. The van der Waals surface area contributed by atoms with Crippen LogP contribution in [0.15, 0.2) is 101 Å². The van der Waals surface area contributed by atoms with Gasteiger partial charge in [-0.3, -0.25) is 4.79 Å². The Labute approximate surface area is 181 Å². The summed E-state index contributed by atoms with van der Waals surface area (Å²) in [5.41, 5.74) is 1.03. The van der Waals surface area contributed by atoms with Gasteiger partial charge in [0.15, 0.2) is 10.7 Å². The Morgan fingerprint density at radius 2 is 1.35 bits per heavy atom. The van der Waals surface area contributed by atoms with Crippen molar-refractivity contribution in [3.63, 3.8) is 0 Å². The summed E-state index contributed by atoms with van der Waals surface area (Å²) in [5, 5.41) is 0. The van der Waals surface area contributed by atoms with Gasteiger partial charge in [-0.15, -0.1) is 0 Å². The smallest absolute Gasteiger partial charge is 0.242 e. The average molecular weight is 454 g/mol. The first kappa shape index (κ1) is 21.2. The monoisotopic (exact) mass is 453 g/mol. The second-order valence-corrected chi connectivity index (χ2v) is 11.0. The van der Waals surface area contributed by atoms with Crippen LogP contribution in [0.3, 0.4) is 0 Å². The fourth-order valence-corrected chi connectivity index (χ4v) is 7.09. The minimum Gasteiger partial charge on any atom is -0.289 e. The molecule has 6 nitrogen and oxygen atoms in total. The molecule has 0 saturated carbocycles. The summed E-state index contributed by atoms with van der Waals surface area (Å²) in [5.74, 6) is -0.399. The number of allylic oxidation sites excluding steroid dienone is 1. The SMILES string of the molecule is Cc1ccc(S(=O)(=O)C2(NS(=O)(=O)c3ccccc3)C=CC(=O)c3ccccc32)cc1. The number of sulfone groups is 1. The van der Waals surface area contributed by atoms with Crippen molar-refractivity contribution in [3.05, 3.63) is 108 Å². The molecule has 0 amide bonds. The van der Waals surface area contributed by atoms with E-state index in [9.17, 15) is 21.6 Å². The minimum absolute atomic E-state index is 0.0579. The second kappa shape index (κ2) is 7.56. The molecule has 0 aliphatic heterocycles. The summed E-state index contributed by atoms with van der Waals surface area (Å²) in [4.78, 5) is 10.1. The lowest BCUT2D eigenvalue weighted by Crippen LogP contribution is -2.52. The van der Waals surface area contributed by atoms with Gasteiger partial charge in [0.1, 0.15) is 0 Å². The molecule has 158 valence electrons. The molecule has 31 heavy (non-hydrogen) atoms. The fourth-order valence-electron chi connectivity index (χ4n) is 3.53. The number of hydrogen-bond donors (Lipinski definition) is 1. The molecular weight excluding hydrogens is 434 g/mol. The summed E-state index contributed by atoms with van der Waals surface area (Å²) in [7, 11) is -8.62. The topological polar surface area (TPSA) is 97.4 Å². The van der Waals surface area contributed by atoms with Crippen molar-refractivity contribution in [3.8, 4) is 0 Å². The van der Waals surface area contributed by atoms with Gasteiger partial charge in [0, 0.05) is 11.1 Å². The van der Waals surface area contributed by atoms with Crippen LogP contribution in [0.4, 0.5) is 0 Å². The highest BCUT2D eigenvalue weighted by Gasteiger charge is 2.50. The van der Waals surface area contributed by atoms with Crippen molar-refractivity contribution in [2.24, 2.45) is 0 Å². The number of nitrogens with one attached hydrogen (secondary N) is 1. The molecule has 0 saturated heterocycles. The number of fused-ring (bicyclic) bond motifs is 1. The van der Waals surface area contributed by atoms with Gasteiger partial charge < -0.3 is 0 Å². The lowest BCUT2D eigenvalue weighted by molar-refractivity contribution is 0.104. The van der Waals surface area contributed by atoms with Crippen LogP contribution in [0.25, 0.3) is 0 Å². The van der Waals surface area contributed by atoms with Gasteiger partial charge in [-0.25, -0.2) is 16.8 Å². The second-order valence-electron chi connectivity index (χ2n) is 7.21. The number of benzene rings is 3. The van der Waals surface area contributed by atoms with E-state index in [1.165, 1.54) is 36.4 Å². The third-order valence-electron chi connectivity index (χ3n) is 5.16. The predicted molar refractivity (Wildman–Crippen MR) is 117 cm³/mol. The van der Waals surface area contributed by atoms with Crippen LogP contribution >= 0.6 is 0 Å². The van der Waals surface area contributed by atoms with Crippen molar-refractivity contribution < 1.29 is 21.6 Å². The van der Waals surface area contributed by atoms with Crippen LogP contribution in [-0.2, 0) is 24.7 Å². The quantitative estimate of drug-likeness (QED) is 0.639. The van der Waals surface area contributed by atoms with Crippen LogP contribution in [0, 0.1) is 6.92 Å². The largest absolute Gasteiger partial charge is 0.289 e. The van der Waals surface area contributed by atoms with Crippen molar-refractivity contribution in [1.29, 1.82) is 0 Å². The zero-order chi connectivity index (χ0) is 22.3. The van der Waals surface area contributed by atoms with E-state index in [1.807, 2.05) is 6.92 Å². The van der Waals surface area contributed by atoms with Gasteiger partial charge in [-0.2, -0.15) is 4.72 Å². The number of rotatable bonds is 5. The fraction of sp³-hybridized carbons (Fsp3) is 0.0870. The third kappa shape index (κ3) is 3.52. The van der Waals surface area contributed by atoms with E-state index in [0.717, 1.165) is 17.7 Å². The van der Waals surface area contributed by atoms with Crippen LogP contribution in [0.1, 0.15) is 21.5 Å². The van der Waals surface area contributed by atoms with E-state index in [-0.39, 0.29) is 20.9 Å². The molecule has 0 heterocycles. The van der Waals surface area contributed by atoms with Gasteiger partial charge >= 0.3 is 0 Å². The molecule has 1 N–H and O–H groups in total. The summed E-state index contributed by atoms with van der Waals surface area (Å²) in [6, 6.07) is 19.7. The predicted octanol–water partition coefficient (Wildman–Crippen LogP) is 3.35. The molecule has 0 spiro atoms. The normalized spacial score (nSPS) is 18.5. The number of ketones is 1. The maximum Gasteiger partial charge on any atom is 0.242 e. The Hall–Kier alpha value is -3.07. The van der Waals surface area contributed by atoms with Crippen LogP contribution < -0.4 is 4.72 Å². The highest BCUT2D eigenvalue weighted by atomic mass is 32.2. The number of carbonyl (C=O) groups excluding carboxylic acids is 1. The number of sulfonamides is 1. The van der Waals surface area contributed by atoms with Crippen molar-refractivity contribution in [2.75, 3.05) is 0 Å². The molecular formula is C23H19NO5S2. The molecule has 4 rings (SSSR count). The molecule has 1 atom stereocenters. The van der Waals surface area contributed by atoms with Gasteiger partial charge in [-0.1, -0.05) is 60.2 Å². The maximum atomic E-state index is 13.9. The molecule has 1 aliphatic carbocycles. The molecule has 1 aliphatic rings. The van der Waals surface area contributed by atoms with Crippen molar-refractivity contribution in [1.82, 2.24) is 4.72 Å². The van der Waals surface area contributed by atoms with Gasteiger partial charge in [0.05, 0.1) is 9.79 Å². The average Bonchev–Trinajstić information content (AvgIpc) is 2.77. The molecule has 3 aromatic carbocycles. The lowest BCUT2D eigenvalue weighted by Gasteiger charge is -2.35. The van der Waals surface area contributed by atoms with E-state index < -0.39 is 30.5 Å². The Morgan fingerprint density at radius 3 is 2.03 bits per heavy atom. The maximum absolute atomic E-state index is 13.9. The number of hydrogen-bond acceptors (Lipinski definition) is 5. The summed E-state index contributed by atoms with van der Waals surface area (Å²) >= 11 is 0. The van der Waals surface area contributed by atoms with E-state index in [4.69, 9.17) is 0 Å². The van der Waals surface area contributed by atoms with E-state index in [2.05, 4.69) is 4.72 Å². The Kier molecular flexibility index (Phi) is 5.17. The van der Waals surface area contributed by atoms with Crippen LogP contribution in [0.2, 0.25) is 0 Å². The van der Waals surface area contributed by atoms with E-state index >= 15 is 0 Å². The van der Waals surface area contributed by atoms with Crippen molar-refractivity contribution >= 4 is 25.6 Å². The Morgan fingerprint density at radius 1 is 0.742 bits per heavy atom. The van der Waals surface area contributed by atoms with Crippen LogP contribution in [-0.4, -0.2) is 22.6 Å². The highest BCUT2D eigenvalue weighted by Crippen LogP contribution is 2.40. The van der Waals surface area contributed by atoms with Gasteiger partial charge in [-0.05, 0) is 43.3 Å². The molecule has 1 unspecified atom stereocenters. The number of aryl methyl sites for hydroxylation is 1. The Bertz CT molecular complexity index is 1390. The minimum atomic E-state index is -4.35. The van der Waals surface area contributed by atoms with E-state index in [0.29, 0.717) is 0 Å². The zero-order valence-corrected chi connectivity index (χ0v) is 18.2. The molecule has 8 heteroatoms. The zero-order valence-electron chi connectivity index (χ0n) is 16.5. The number of carbonyl (C=O) groups is 1. The standard InChI is InChI=1S/C23H19NO5S2/c1-17-11-13-18(14-12-17)30(26,27)23(24-31(28,29)19-7-3-2-4-8-19)16-15-22(25)20-9-5-6-10-21(20)23/h2-16,24H,1H3. The summed E-state index contributed by atoms with van der Waals surface area (Å²) < 4.78 is 56.7. The summed E-state index contributed by atoms with van der Waals surface area (Å²) in [6.45, 7) is 1.82. The van der Waals surface area contributed by atoms with Gasteiger partial charge in [0.25, 0.3) is 0 Å². The summed E-state index contributed by atoms with van der Waals surface area (Å²) in [6.07, 6.45) is 2.22. The van der Waals surface area contributed by atoms with Gasteiger partial charge in [0.2, 0.25) is 19.9 Å². The first-order valence-corrected chi connectivity index (χ1v) is 12.4. The van der Waals surface area contributed by atoms with E-state index in [1.54, 1.807) is 42.5 Å². The molecule has 0 bridgehead atoms. The van der Waals surface area contributed by atoms with Crippen molar-refractivity contribution in [2.45, 2.75) is 21.6 Å². The molecule has 0 fully saturated rings. The Balaban J connectivity index is 2.00. The third-order valence-corrected chi connectivity index (χ3v) is 8.97. The molecule has 0 aromatic heterocycles.